The molecule has 3 fully saturated rings. The number of hydrogen-bond donors (Lipinski definition) is 1. The summed E-state index contributed by atoms with van der Waals surface area (Å²) in [6.45, 7) is 4.94. The Kier molecular flexibility index (Phi) is 5.35. The SMILES string of the molecule is CCOC(=O)NC(C(=O)O[C@H]1CN2CCC1CC2)c1ccccc1. The van der Waals surface area contributed by atoms with Gasteiger partial charge in [0.15, 0.2) is 6.04 Å². The van der Waals surface area contributed by atoms with Crippen molar-refractivity contribution in [2.45, 2.75) is 31.9 Å². The highest BCUT2D eigenvalue weighted by atomic mass is 16.6. The Morgan fingerprint density at radius 2 is 1.96 bits per heavy atom. The molecule has 2 bridgehead atoms. The van der Waals surface area contributed by atoms with Gasteiger partial charge in [0.2, 0.25) is 0 Å². The number of carbonyl (C=O) groups excluding carboxylic acids is 2. The van der Waals surface area contributed by atoms with Crippen molar-refractivity contribution in [2.75, 3.05) is 26.2 Å². The molecule has 130 valence electrons. The van der Waals surface area contributed by atoms with Crippen molar-refractivity contribution in [1.29, 1.82) is 0 Å². The van der Waals surface area contributed by atoms with Crippen molar-refractivity contribution in [1.82, 2.24) is 10.2 Å². The second kappa shape index (κ2) is 7.66. The summed E-state index contributed by atoms with van der Waals surface area (Å²) in [6, 6.07) is 8.28. The minimum atomic E-state index is -0.847. The summed E-state index contributed by atoms with van der Waals surface area (Å²) in [5.74, 6) is 0.00553. The van der Waals surface area contributed by atoms with Gasteiger partial charge in [-0.2, -0.15) is 0 Å². The molecule has 2 atom stereocenters. The molecule has 0 spiro atoms. The van der Waals surface area contributed by atoms with Gasteiger partial charge in [0.1, 0.15) is 6.10 Å². The lowest BCUT2D eigenvalue weighted by atomic mass is 9.86. The fourth-order valence-corrected chi connectivity index (χ4v) is 3.48. The van der Waals surface area contributed by atoms with Gasteiger partial charge in [-0.1, -0.05) is 30.3 Å². The third kappa shape index (κ3) is 3.87. The number of nitrogens with one attached hydrogen (secondary N) is 1. The van der Waals surface area contributed by atoms with Crippen LogP contribution in [0.15, 0.2) is 30.3 Å². The van der Waals surface area contributed by atoms with E-state index in [4.69, 9.17) is 9.47 Å². The van der Waals surface area contributed by atoms with Gasteiger partial charge in [0.05, 0.1) is 6.61 Å². The molecule has 1 N–H and O–H groups in total. The first-order valence-electron chi connectivity index (χ1n) is 8.58. The third-order valence-corrected chi connectivity index (χ3v) is 4.77. The van der Waals surface area contributed by atoms with Gasteiger partial charge in [-0.15, -0.1) is 0 Å². The molecule has 6 nitrogen and oxygen atoms in total. The smallest absolute Gasteiger partial charge is 0.408 e. The number of rotatable bonds is 5. The summed E-state index contributed by atoms with van der Waals surface area (Å²) in [6.07, 6.45) is 1.44. The molecule has 4 rings (SSSR count). The van der Waals surface area contributed by atoms with Gasteiger partial charge < -0.3 is 14.8 Å². The molecule has 0 aliphatic carbocycles. The molecule has 1 aromatic rings. The van der Waals surface area contributed by atoms with Crippen LogP contribution in [0.4, 0.5) is 4.79 Å². The van der Waals surface area contributed by atoms with Crippen molar-refractivity contribution >= 4 is 12.1 Å². The van der Waals surface area contributed by atoms with Gasteiger partial charge in [-0.05, 0) is 44.3 Å². The molecule has 0 aromatic heterocycles. The molecule has 0 saturated carbocycles. The number of ether oxygens (including phenoxy) is 2. The second-order valence-electron chi connectivity index (χ2n) is 6.32. The largest absolute Gasteiger partial charge is 0.459 e. The number of esters is 1. The molecule has 3 aliphatic rings. The summed E-state index contributed by atoms with van der Waals surface area (Å²) in [5, 5.41) is 2.62. The number of benzene rings is 1. The molecule has 1 unspecified atom stereocenters. The van der Waals surface area contributed by atoms with E-state index in [-0.39, 0.29) is 12.7 Å². The summed E-state index contributed by atoms with van der Waals surface area (Å²) in [5.41, 5.74) is 0.692. The third-order valence-electron chi connectivity index (χ3n) is 4.77. The average Bonchev–Trinajstić information content (AvgIpc) is 2.61. The lowest BCUT2D eigenvalue weighted by molar-refractivity contribution is -0.161. The summed E-state index contributed by atoms with van der Waals surface area (Å²) >= 11 is 0. The molecule has 3 aliphatic heterocycles. The van der Waals surface area contributed by atoms with Crippen molar-refractivity contribution in [3.8, 4) is 0 Å². The van der Waals surface area contributed by atoms with Crippen molar-refractivity contribution in [2.24, 2.45) is 5.92 Å². The number of nitrogens with zero attached hydrogens (tertiary/aromatic N) is 1. The van der Waals surface area contributed by atoms with Crippen LogP contribution in [0.3, 0.4) is 0 Å². The van der Waals surface area contributed by atoms with Crippen LogP contribution in [0.1, 0.15) is 31.4 Å². The topological polar surface area (TPSA) is 67.9 Å². The van der Waals surface area contributed by atoms with Gasteiger partial charge >= 0.3 is 12.1 Å². The zero-order valence-corrected chi connectivity index (χ0v) is 13.9. The van der Waals surface area contributed by atoms with E-state index < -0.39 is 18.1 Å². The quantitative estimate of drug-likeness (QED) is 0.837. The van der Waals surface area contributed by atoms with E-state index in [0.717, 1.165) is 32.5 Å². The van der Waals surface area contributed by atoms with E-state index in [9.17, 15) is 9.59 Å². The summed E-state index contributed by atoms with van der Waals surface area (Å²) < 4.78 is 10.7. The van der Waals surface area contributed by atoms with Crippen LogP contribution in [0.5, 0.6) is 0 Å². The van der Waals surface area contributed by atoms with Gasteiger partial charge in [-0.25, -0.2) is 9.59 Å². The molecule has 24 heavy (non-hydrogen) atoms. The minimum Gasteiger partial charge on any atom is -0.459 e. The molecule has 1 amide bonds. The Morgan fingerprint density at radius 1 is 1.25 bits per heavy atom. The predicted molar refractivity (Wildman–Crippen MR) is 88.4 cm³/mol. The maximum absolute atomic E-state index is 12.7. The maximum atomic E-state index is 12.7. The average molecular weight is 332 g/mol. The fraction of sp³-hybridized carbons (Fsp3) is 0.556. The first-order chi connectivity index (χ1) is 11.7. The standard InChI is InChI=1S/C18H24N2O4/c1-2-23-18(22)19-16(14-6-4-3-5-7-14)17(21)24-15-12-20-10-8-13(15)9-11-20/h3-7,13,15-16H,2,8-12H2,1H3,(H,19,22)/t15-,16?/m0/s1. The number of hydrogen-bond acceptors (Lipinski definition) is 5. The van der Waals surface area contributed by atoms with Crippen LogP contribution in [-0.4, -0.2) is 49.3 Å². The van der Waals surface area contributed by atoms with Crippen LogP contribution < -0.4 is 5.32 Å². The number of piperidine rings is 3. The van der Waals surface area contributed by atoms with Crippen molar-refractivity contribution in [3.63, 3.8) is 0 Å². The molecule has 3 saturated heterocycles. The van der Waals surface area contributed by atoms with E-state index >= 15 is 0 Å². The predicted octanol–water partition coefficient (Wildman–Crippen LogP) is 2.11. The van der Waals surface area contributed by atoms with Gasteiger partial charge in [0, 0.05) is 6.54 Å². The highest BCUT2D eigenvalue weighted by molar-refractivity contribution is 5.82. The molecule has 0 radical (unpaired) electrons. The lowest BCUT2D eigenvalue weighted by Crippen LogP contribution is -2.52. The van der Waals surface area contributed by atoms with E-state index in [0.29, 0.717) is 11.5 Å². The molecule has 6 heteroatoms. The Bertz CT molecular complexity index is 570. The van der Waals surface area contributed by atoms with Crippen molar-refractivity contribution in [3.05, 3.63) is 35.9 Å². The zero-order valence-electron chi connectivity index (χ0n) is 13.9. The highest BCUT2D eigenvalue weighted by Gasteiger charge is 2.38. The summed E-state index contributed by atoms with van der Waals surface area (Å²) in [4.78, 5) is 26.8. The number of amides is 1. The summed E-state index contributed by atoms with van der Waals surface area (Å²) in [7, 11) is 0. The van der Waals surface area contributed by atoms with Crippen LogP contribution in [0.25, 0.3) is 0 Å². The first-order valence-corrected chi connectivity index (χ1v) is 8.58. The van der Waals surface area contributed by atoms with E-state index in [1.807, 2.05) is 18.2 Å². The molecule has 3 heterocycles. The normalized spacial score (nSPS) is 26.5. The first kappa shape index (κ1) is 16.8. The van der Waals surface area contributed by atoms with Crippen LogP contribution >= 0.6 is 0 Å². The number of carbonyl (C=O) groups is 2. The van der Waals surface area contributed by atoms with Gasteiger partial charge in [-0.3, -0.25) is 4.90 Å². The van der Waals surface area contributed by atoms with E-state index in [1.54, 1.807) is 19.1 Å². The fourth-order valence-electron chi connectivity index (χ4n) is 3.48. The zero-order chi connectivity index (χ0) is 16.9. The van der Waals surface area contributed by atoms with E-state index in [1.165, 1.54) is 0 Å². The minimum absolute atomic E-state index is 0.0878. The van der Waals surface area contributed by atoms with Crippen LogP contribution in [0.2, 0.25) is 0 Å². The lowest BCUT2D eigenvalue weighted by Gasteiger charge is -2.44. The Balaban J connectivity index is 1.70. The van der Waals surface area contributed by atoms with Crippen LogP contribution in [0, 0.1) is 5.92 Å². The Morgan fingerprint density at radius 3 is 2.54 bits per heavy atom. The molecular formula is C18H24N2O4. The van der Waals surface area contributed by atoms with Gasteiger partial charge in [0.25, 0.3) is 0 Å². The van der Waals surface area contributed by atoms with Crippen molar-refractivity contribution < 1.29 is 19.1 Å². The molecule has 1 aromatic carbocycles. The second-order valence-corrected chi connectivity index (χ2v) is 6.32. The maximum Gasteiger partial charge on any atom is 0.408 e. The Hall–Kier alpha value is -2.08. The van der Waals surface area contributed by atoms with Crippen LogP contribution in [-0.2, 0) is 14.3 Å². The number of alkyl carbamates (subject to hydrolysis) is 1. The van der Waals surface area contributed by atoms with E-state index in [2.05, 4.69) is 10.2 Å². The number of fused-ring (bicyclic) bond motifs is 3. The monoisotopic (exact) mass is 332 g/mol. The highest BCUT2D eigenvalue weighted by Crippen LogP contribution is 2.30. The Labute approximate surface area is 142 Å². The molecular weight excluding hydrogens is 308 g/mol.